The Balaban J connectivity index is 1.95. The van der Waals surface area contributed by atoms with E-state index >= 15 is 0 Å². The predicted octanol–water partition coefficient (Wildman–Crippen LogP) is 3.41. The quantitative estimate of drug-likeness (QED) is 0.778. The molecule has 0 atom stereocenters. The normalized spacial score (nSPS) is 10.7. The number of hydrogen-bond acceptors (Lipinski definition) is 5. The molecule has 22 heavy (non-hydrogen) atoms. The van der Waals surface area contributed by atoms with Crippen LogP contribution in [0.1, 0.15) is 20.8 Å². The summed E-state index contributed by atoms with van der Waals surface area (Å²) in [6, 6.07) is 7.30. The number of benzene rings is 1. The van der Waals surface area contributed by atoms with Crippen LogP contribution in [0.3, 0.4) is 0 Å². The van der Waals surface area contributed by atoms with Crippen molar-refractivity contribution in [1.29, 1.82) is 0 Å². The summed E-state index contributed by atoms with van der Waals surface area (Å²) >= 11 is 1.67. The van der Waals surface area contributed by atoms with Gasteiger partial charge in [0.15, 0.2) is 0 Å². The molecule has 0 saturated heterocycles. The number of carbonyl (C=O) groups excluding carboxylic acids is 1. The van der Waals surface area contributed by atoms with Gasteiger partial charge in [-0.2, -0.15) is 0 Å². The Kier molecular flexibility index (Phi) is 3.77. The van der Waals surface area contributed by atoms with Gasteiger partial charge in [0, 0.05) is 23.2 Å². The highest BCUT2D eigenvalue weighted by molar-refractivity contribution is 7.18. The molecule has 5 nitrogen and oxygen atoms in total. The minimum absolute atomic E-state index is 0.0970. The van der Waals surface area contributed by atoms with E-state index in [-0.39, 0.29) is 5.91 Å². The van der Waals surface area contributed by atoms with Crippen LogP contribution in [0, 0.1) is 13.8 Å². The van der Waals surface area contributed by atoms with Crippen LogP contribution in [0.2, 0.25) is 0 Å². The molecule has 0 unspecified atom stereocenters. The molecular weight excluding hydrogens is 296 g/mol. The number of rotatable bonds is 3. The van der Waals surface area contributed by atoms with Gasteiger partial charge < -0.3 is 10.6 Å². The van der Waals surface area contributed by atoms with Crippen LogP contribution < -0.4 is 10.6 Å². The molecule has 1 aromatic carbocycles. The van der Waals surface area contributed by atoms with Crippen LogP contribution in [0.4, 0.5) is 11.5 Å². The SMILES string of the molecule is CNC(=O)c1ccc(Nc2ncnc3sc(C)c(C)c23)cc1. The number of carbonyl (C=O) groups is 1. The Morgan fingerprint density at radius 1 is 1.14 bits per heavy atom. The fraction of sp³-hybridized carbons (Fsp3) is 0.188. The van der Waals surface area contributed by atoms with Gasteiger partial charge in [-0.3, -0.25) is 4.79 Å². The molecule has 0 fully saturated rings. The van der Waals surface area contributed by atoms with Gasteiger partial charge in [0.2, 0.25) is 0 Å². The molecule has 6 heteroatoms. The number of amides is 1. The second-order valence-electron chi connectivity index (χ2n) is 4.97. The lowest BCUT2D eigenvalue weighted by Gasteiger charge is -2.08. The third kappa shape index (κ3) is 2.53. The molecule has 0 aliphatic rings. The highest BCUT2D eigenvalue weighted by Crippen LogP contribution is 2.33. The average molecular weight is 312 g/mol. The second kappa shape index (κ2) is 5.73. The minimum atomic E-state index is -0.0970. The lowest BCUT2D eigenvalue weighted by molar-refractivity contribution is 0.0963. The summed E-state index contributed by atoms with van der Waals surface area (Å²) in [5, 5.41) is 6.97. The number of aryl methyl sites for hydroxylation is 2. The number of thiophene rings is 1. The molecule has 0 saturated carbocycles. The molecule has 2 N–H and O–H groups in total. The van der Waals surface area contributed by atoms with Crippen LogP contribution in [-0.2, 0) is 0 Å². The van der Waals surface area contributed by atoms with Crippen molar-refractivity contribution in [3.05, 3.63) is 46.6 Å². The molecule has 3 rings (SSSR count). The third-order valence-electron chi connectivity index (χ3n) is 3.60. The van der Waals surface area contributed by atoms with Crippen molar-refractivity contribution in [1.82, 2.24) is 15.3 Å². The molecule has 3 aromatic rings. The van der Waals surface area contributed by atoms with Gasteiger partial charge in [-0.15, -0.1) is 11.3 Å². The number of hydrogen-bond donors (Lipinski definition) is 2. The van der Waals surface area contributed by atoms with E-state index in [9.17, 15) is 4.79 Å². The first-order valence-corrected chi connectivity index (χ1v) is 7.71. The fourth-order valence-electron chi connectivity index (χ4n) is 2.26. The maximum atomic E-state index is 11.6. The topological polar surface area (TPSA) is 66.9 Å². The van der Waals surface area contributed by atoms with Crippen molar-refractivity contribution in [2.24, 2.45) is 0 Å². The zero-order valence-electron chi connectivity index (χ0n) is 12.6. The predicted molar refractivity (Wildman–Crippen MR) is 90.0 cm³/mol. The van der Waals surface area contributed by atoms with E-state index in [4.69, 9.17) is 0 Å². The van der Waals surface area contributed by atoms with Gasteiger partial charge in [-0.05, 0) is 43.7 Å². The van der Waals surface area contributed by atoms with Crippen molar-refractivity contribution in [2.75, 3.05) is 12.4 Å². The molecule has 0 bridgehead atoms. The number of aromatic nitrogens is 2. The maximum Gasteiger partial charge on any atom is 0.251 e. The van der Waals surface area contributed by atoms with Gasteiger partial charge in [0.05, 0.1) is 5.39 Å². The molecular formula is C16H16N4OS. The van der Waals surface area contributed by atoms with Crippen molar-refractivity contribution in [3.8, 4) is 0 Å². The molecule has 112 valence electrons. The summed E-state index contributed by atoms with van der Waals surface area (Å²) in [6.45, 7) is 4.17. The Hall–Kier alpha value is -2.47. The molecule has 0 spiro atoms. The number of nitrogens with zero attached hydrogens (tertiary/aromatic N) is 2. The first kappa shape index (κ1) is 14.5. The van der Waals surface area contributed by atoms with Crippen LogP contribution in [0.25, 0.3) is 10.2 Å². The molecule has 0 aliphatic carbocycles. The summed E-state index contributed by atoms with van der Waals surface area (Å²) in [4.78, 5) is 22.5. The van der Waals surface area contributed by atoms with E-state index in [1.54, 1.807) is 36.8 Å². The van der Waals surface area contributed by atoms with E-state index in [1.807, 2.05) is 12.1 Å². The van der Waals surface area contributed by atoms with E-state index in [2.05, 4.69) is 34.4 Å². The Bertz CT molecular complexity index is 839. The highest BCUT2D eigenvalue weighted by atomic mass is 32.1. The lowest BCUT2D eigenvalue weighted by atomic mass is 10.2. The summed E-state index contributed by atoms with van der Waals surface area (Å²) in [7, 11) is 1.62. The molecule has 1 amide bonds. The molecule has 0 aliphatic heterocycles. The average Bonchev–Trinajstić information content (AvgIpc) is 2.83. The van der Waals surface area contributed by atoms with Crippen molar-refractivity contribution < 1.29 is 4.79 Å². The van der Waals surface area contributed by atoms with Crippen LogP contribution >= 0.6 is 11.3 Å². The van der Waals surface area contributed by atoms with Gasteiger partial charge in [-0.25, -0.2) is 9.97 Å². The first-order valence-electron chi connectivity index (χ1n) is 6.90. The number of fused-ring (bicyclic) bond motifs is 1. The summed E-state index contributed by atoms with van der Waals surface area (Å²) in [5.41, 5.74) is 2.71. The van der Waals surface area contributed by atoms with Crippen LogP contribution in [0.5, 0.6) is 0 Å². The van der Waals surface area contributed by atoms with Crippen molar-refractivity contribution >= 4 is 39.0 Å². The molecule has 0 radical (unpaired) electrons. The van der Waals surface area contributed by atoms with E-state index in [0.717, 1.165) is 21.7 Å². The van der Waals surface area contributed by atoms with Crippen molar-refractivity contribution in [2.45, 2.75) is 13.8 Å². The lowest BCUT2D eigenvalue weighted by Crippen LogP contribution is -2.17. The first-order chi connectivity index (χ1) is 10.6. The Morgan fingerprint density at radius 2 is 1.86 bits per heavy atom. The van der Waals surface area contributed by atoms with E-state index in [1.165, 1.54) is 10.4 Å². The molecule has 2 heterocycles. The van der Waals surface area contributed by atoms with Gasteiger partial charge in [-0.1, -0.05) is 0 Å². The summed E-state index contributed by atoms with van der Waals surface area (Å²) in [6.07, 6.45) is 1.57. The van der Waals surface area contributed by atoms with E-state index in [0.29, 0.717) is 5.56 Å². The van der Waals surface area contributed by atoms with Crippen LogP contribution in [0.15, 0.2) is 30.6 Å². The summed E-state index contributed by atoms with van der Waals surface area (Å²) < 4.78 is 0. The van der Waals surface area contributed by atoms with E-state index < -0.39 is 0 Å². The van der Waals surface area contributed by atoms with Gasteiger partial charge in [0.1, 0.15) is 17.0 Å². The maximum absolute atomic E-state index is 11.6. The monoisotopic (exact) mass is 312 g/mol. The molecule has 2 aromatic heterocycles. The smallest absolute Gasteiger partial charge is 0.251 e. The third-order valence-corrected chi connectivity index (χ3v) is 4.72. The van der Waals surface area contributed by atoms with Gasteiger partial charge in [0.25, 0.3) is 5.91 Å². The minimum Gasteiger partial charge on any atom is -0.355 e. The number of nitrogens with one attached hydrogen (secondary N) is 2. The zero-order valence-corrected chi connectivity index (χ0v) is 13.4. The standard InChI is InChI=1S/C16H16N4OS/c1-9-10(2)22-16-13(9)14(18-8-19-16)20-12-6-4-11(5-7-12)15(21)17-3/h4-8H,1-3H3,(H,17,21)(H,18,19,20). The fourth-order valence-corrected chi connectivity index (χ4v) is 3.26. The zero-order chi connectivity index (χ0) is 15.7. The Labute approximate surface area is 132 Å². The summed E-state index contributed by atoms with van der Waals surface area (Å²) in [5.74, 6) is 0.694. The second-order valence-corrected chi connectivity index (χ2v) is 6.17. The van der Waals surface area contributed by atoms with Crippen molar-refractivity contribution in [3.63, 3.8) is 0 Å². The number of anilines is 2. The Morgan fingerprint density at radius 3 is 2.55 bits per heavy atom. The highest BCUT2D eigenvalue weighted by Gasteiger charge is 2.12. The van der Waals surface area contributed by atoms with Crippen LogP contribution in [-0.4, -0.2) is 22.9 Å². The van der Waals surface area contributed by atoms with Gasteiger partial charge >= 0.3 is 0 Å². The largest absolute Gasteiger partial charge is 0.355 e.